The van der Waals surface area contributed by atoms with Gasteiger partial charge in [0.15, 0.2) is 0 Å². The van der Waals surface area contributed by atoms with Gasteiger partial charge >= 0.3 is 25.0 Å². The van der Waals surface area contributed by atoms with Gasteiger partial charge in [0.05, 0.1) is 12.0 Å². The van der Waals surface area contributed by atoms with Crippen LogP contribution in [0.4, 0.5) is 4.79 Å². The molecule has 8 nitrogen and oxygen atoms in total. The van der Waals surface area contributed by atoms with Crippen molar-refractivity contribution in [3.8, 4) is 0 Å². The van der Waals surface area contributed by atoms with Crippen molar-refractivity contribution < 1.29 is 48.2 Å². The molecule has 0 spiro atoms. The molecule has 2 rings (SSSR count). The van der Waals surface area contributed by atoms with Crippen molar-refractivity contribution in [1.29, 1.82) is 0 Å². The van der Waals surface area contributed by atoms with Gasteiger partial charge in [0.1, 0.15) is 22.8 Å². The zero-order valence-corrected chi connectivity index (χ0v) is 14.2. The minimum Gasteiger partial charge on any atom is -0.548 e. The molecule has 0 saturated carbocycles. The third-order valence-electron chi connectivity index (χ3n) is 3.04. The van der Waals surface area contributed by atoms with Crippen molar-refractivity contribution in [2.75, 3.05) is 5.75 Å². The fourth-order valence-corrected chi connectivity index (χ4v) is 3.56. The molecule has 2 amide bonds. The first kappa shape index (κ1) is 19.9. The Bertz CT molecular complexity index is 547. The van der Waals surface area contributed by atoms with Gasteiger partial charge in [0.2, 0.25) is 0 Å². The Morgan fingerprint density at radius 3 is 2.61 bits per heavy atom. The van der Waals surface area contributed by atoms with Crippen LogP contribution in [0.25, 0.3) is 0 Å². The van der Waals surface area contributed by atoms with Crippen LogP contribution in [0.15, 0.2) is 11.8 Å². The number of carbonyl (C=O) groups excluding carboxylic acids is 3. The number of thioether (sulfide) groups is 1. The second-order valence-corrected chi connectivity index (χ2v) is 7.12. The van der Waals surface area contributed by atoms with Crippen molar-refractivity contribution in [2.45, 2.75) is 43.9 Å². The molecule has 0 aromatic carbocycles. The molecule has 10 heteroatoms. The summed E-state index contributed by atoms with van der Waals surface area (Å²) >= 11 is 1.15. The van der Waals surface area contributed by atoms with E-state index in [-0.39, 0.29) is 30.3 Å². The van der Waals surface area contributed by atoms with Crippen molar-refractivity contribution in [3.05, 3.63) is 11.8 Å². The Hall–Kier alpha value is -1.14. The number of aliphatic hydroxyl groups excluding tert-OH is 1. The number of alkyl carbamates (subject to hydrolysis) is 1. The normalized spacial score (nSPS) is 26.8. The van der Waals surface area contributed by atoms with E-state index < -0.39 is 41.1 Å². The van der Waals surface area contributed by atoms with Crippen LogP contribution in [0.5, 0.6) is 0 Å². The van der Waals surface area contributed by atoms with Gasteiger partial charge in [-0.1, -0.05) is 0 Å². The number of nitrogens with zero attached hydrogens (tertiary/aromatic N) is 1. The summed E-state index contributed by atoms with van der Waals surface area (Å²) in [5.41, 5.74) is -0.952. The van der Waals surface area contributed by atoms with Crippen LogP contribution in [0.1, 0.15) is 20.8 Å². The van der Waals surface area contributed by atoms with Gasteiger partial charge in [-0.25, -0.2) is 4.79 Å². The zero-order chi connectivity index (χ0) is 16.7. The SMILES string of the molecule is CC(C)(C)OC(=O)NC1=C[C@H](O)[C@@H]2SC[C@@H](C(=O)[O-])N2C1=O.[Li+]. The van der Waals surface area contributed by atoms with Crippen molar-refractivity contribution in [1.82, 2.24) is 10.2 Å². The second kappa shape index (κ2) is 7.17. The van der Waals surface area contributed by atoms with Gasteiger partial charge in [-0.15, -0.1) is 11.8 Å². The molecule has 0 aromatic heterocycles. The molecule has 0 aromatic rings. The van der Waals surface area contributed by atoms with E-state index in [2.05, 4.69) is 5.32 Å². The van der Waals surface area contributed by atoms with E-state index in [1.165, 1.54) is 6.08 Å². The van der Waals surface area contributed by atoms with Crippen molar-refractivity contribution in [2.24, 2.45) is 0 Å². The summed E-state index contributed by atoms with van der Waals surface area (Å²) in [5.74, 6) is -1.95. The average molecular weight is 336 g/mol. The molecule has 122 valence electrons. The van der Waals surface area contributed by atoms with Crippen LogP contribution in [-0.4, -0.2) is 56.8 Å². The maximum Gasteiger partial charge on any atom is 1.00 e. The summed E-state index contributed by atoms with van der Waals surface area (Å²) in [4.78, 5) is 36.2. The number of nitrogens with one attached hydrogen (secondary N) is 1. The summed E-state index contributed by atoms with van der Waals surface area (Å²) in [5, 5.41) is 22.7. The van der Waals surface area contributed by atoms with E-state index in [0.29, 0.717) is 0 Å². The number of hydrogen-bond donors (Lipinski definition) is 2. The predicted molar refractivity (Wildman–Crippen MR) is 75.3 cm³/mol. The Morgan fingerprint density at radius 1 is 1.48 bits per heavy atom. The number of carboxylic acids is 1. The number of carboxylic acid groups (broad SMARTS) is 1. The summed E-state index contributed by atoms with van der Waals surface area (Å²) < 4.78 is 5.03. The van der Waals surface area contributed by atoms with Gasteiger partial charge in [-0.3, -0.25) is 10.1 Å². The minimum atomic E-state index is -1.39. The number of carbonyl (C=O) groups is 3. The van der Waals surface area contributed by atoms with E-state index in [0.717, 1.165) is 16.7 Å². The summed E-state index contributed by atoms with van der Waals surface area (Å²) in [6, 6.07) is -1.14. The third-order valence-corrected chi connectivity index (χ3v) is 4.39. The largest absolute Gasteiger partial charge is 1.00 e. The van der Waals surface area contributed by atoms with Gasteiger partial charge in [-0.05, 0) is 26.8 Å². The zero-order valence-electron chi connectivity index (χ0n) is 13.4. The third kappa shape index (κ3) is 4.44. The summed E-state index contributed by atoms with van der Waals surface area (Å²) in [6.07, 6.45) is -0.746. The maximum absolute atomic E-state index is 12.3. The molecular formula is C13H17LiN2O6S. The predicted octanol–water partition coefficient (Wildman–Crippen LogP) is -4.21. The average Bonchev–Trinajstić information content (AvgIpc) is 2.78. The molecule has 2 heterocycles. The number of amides is 2. The number of hydrogen-bond acceptors (Lipinski definition) is 7. The monoisotopic (exact) mass is 336 g/mol. The van der Waals surface area contributed by atoms with E-state index in [1.807, 2.05) is 0 Å². The molecule has 3 atom stereocenters. The fourth-order valence-electron chi connectivity index (χ4n) is 2.20. The maximum atomic E-state index is 12.3. The molecular weight excluding hydrogens is 319 g/mol. The van der Waals surface area contributed by atoms with E-state index in [9.17, 15) is 24.6 Å². The van der Waals surface area contributed by atoms with Crippen molar-refractivity contribution >= 4 is 29.7 Å². The van der Waals surface area contributed by atoms with Crippen LogP contribution in [0, 0.1) is 0 Å². The van der Waals surface area contributed by atoms with Gasteiger partial charge in [0, 0.05) is 5.75 Å². The smallest absolute Gasteiger partial charge is 0.548 e. The molecule has 0 aliphatic carbocycles. The number of ether oxygens (including phenoxy) is 1. The molecule has 1 fully saturated rings. The second-order valence-electron chi connectivity index (χ2n) is 5.97. The van der Waals surface area contributed by atoms with Crippen LogP contribution in [-0.2, 0) is 14.3 Å². The Balaban J connectivity index is 0.00000264. The molecule has 2 aliphatic heterocycles. The quantitative estimate of drug-likeness (QED) is 0.491. The first-order chi connectivity index (χ1) is 10.1. The molecule has 2 N–H and O–H groups in total. The number of aliphatic carboxylic acids is 1. The van der Waals surface area contributed by atoms with Gasteiger partial charge in [-0.2, -0.15) is 0 Å². The molecule has 0 unspecified atom stereocenters. The first-order valence-corrected chi connectivity index (χ1v) is 7.70. The Morgan fingerprint density at radius 2 is 2.09 bits per heavy atom. The molecule has 23 heavy (non-hydrogen) atoms. The molecule has 2 aliphatic rings. The van der Waals surface area contributed by atoms with Crippen LogP contribution < -0.4 is 29.3 Å². The number of rotatable bonds is 2. The van der Waals surface area contributed by atoms with Crippen molar-refractivity contribution in [3.63, 3.8) is 0 Å². The van der Waals surface area contributed by atoms with Crippen LogP contribution in [0.2, 0.25) is 0 Å². The minimum absolute atomic E-state index is 0. The fraction of sp³-hybridized carbons (Fsp3) is 0.615. The number of fused-ring (bicyclic) bond motifs is 1. The standard InChI is InChI=1S/C13H18N2O6S.Li/c1-13(2,3)21-12(20)14-6-4-8(16)10-15(9(6)17)7(5-22-10)11(18)19;/h4,7-8,10,16H,5H2,1-3H3,(H,14,20)(H,18,19);/q;+1/p-1/t7-,8-,10-;/m0./s1. The van der Waals surface area contributed by atoms with E-state index in [1.54, 1.807) is 20.8 Å². The van der Waals surface area contributed by atoms with Crippen LogP contribution >= 0.6 is 11.8 Å². The van der Waals surface area contributed by atoms with Crippen LogP contribution in [0.3, 0.4) is 0 Å². The van der Waals surface area contributed by atoms with E-state index in [4.69, 9.17) is 4.74 Å². The van der Waals surface area contributed by atoms with E-state index >= 15 is 0 Å². The van der Waals surface area contributed by atoms with Gasteiger partial charge < -0.3 is 24.6 Å². The Kier molecular flexibility index (Phi) is 6.21. The number of aliphatic hydroxyl groups is 1. The first-order valence-electron chi connectivity index (χ1n) is 6.65. The summed E-state index contributed by atoms with van der Waals surface area (Å²) in [6.45, 7) is 4.99. The Labute approximate surface area is 149 Å². The molecule has 0 bridgehead atoms. The topological polar surface area (TPSA) is 119 Å². The molecule has 0 radical (unpaired) electrons. The summed E-state index contributed by atoms with van der Waals surface area (Å²) in [7, 11) is 0. The molecule has 1 saturated heterocycles. The van der Waals surface area contributed by atoms with Gasteiger partial charge in [0.25, 0.3) is 5.91 Å².